The molecule has 140 valence electrons. The second kappa shape index (κ2) is 6.49. The first-order valence-corrected chi connectivity index (χ1v) is 8.78. The number of carbonyl (C=O) groups is 3. The van der Waals surface area contributed by atoms with Crippen molar-refractivity contribution in [3.63, 3.8) is 0 Å². The van der Waals surface area contributed by atoms with Gasteiger partial charge in [-0.25, -0.2) is 4.79 Å². The Morgan fingerprint density at radius 1 is 1.15 bits per heavy atom. The number of likely N-dealkylation sites (tertiary alicyclic amines) is 1. The van der Waals surface area contributed by atoms with Crippen LogP contribution < -0.4 is 10.6 Å². The van der Waals surface area contributed by atoms with Crippen LogP contribution in [0.1, 0.15) is 12.8 Å². The molecule has 0 radical (unpaired) electrons. The second-order valence-corrected chi connectivity index (χ2v) is 7.04. The number of allylic oxidation sites excluding steroid dienone is 2. The topological polar surface area (TPSA) is 122 Å². The molecule has 5 rings (SSSR count). The summed E-state index contributed by atoms with van der Waals surface area (Å²) in [5, 5.41) is 15.7. The zero-order valence-electron chi connectivity index (χ0n) is 14.3. The highest BCUT2D eigenvalue weighted by molar-refractivity contribution is 6.06. The number of imide groups is 1. The van der Waals surface area contributed by atoms with E-state index in [9.17, 15) is 24.5 Å². The summed E-state index contributed by atoms with van der Waals surface area (Å²) in [5.41, 5.74) is 0.0986. The van der Waals surface area contributed by atoms with Crippen LogP contribution in [0.2, 0.25) is 0 Å². The molecule has 1 heterocycles. The van der Waals surface area contributed by atoms with Gasteiger partial charge in [-0.1, -0.05) is 18.2 Å². The van der Waals surface area contributed by atoms with E-state index in [4.69, 9.17) is 0 Å². The molecule has 9 nitrogen and oxygen atoms in total. The van der Waals surface area contributed by atoms with Crippen LogP contribution >= 0.6 is 0 Å². The molecule has 1 aromatic carbocycles. The third kappa shape index (κ3) is 2.94. The number of nitrogens with one attached hydrogen (secondary N) is 2. The summed E-state index contributed by atoms with van der Waals surface area (Å²) in [7, 11) is 0. The van der Waals surface area contributed by atoms with Gasteiger partial charge >= 0.3 is 6.03 Å². The molecule has 9 heteroatoms. The van der Waals surface area contributed by atoms with Gasteiger partial charge < -0.3 is 10.6 Å². The van der Waals surface area contributed by atoms with Crippen LogP contribution in [0.5, 0.6) is 0 Å². The molecule has 1 aliphatic heterocycles. The van der Waals surface area contributed by atoms with Crippen molar-refractivity contribution in [2.75, 3.05) is 12.0 Å². The average Bonchev–Trinajstić information content (AvgIpc) is 2.94. The number of hydrogen-bond donors (Lipinski definition) is 2. The average molecular weight is 370 g/mol. The SMILES string of the molecule is O=C(NCN1C(=O)[C@@H]2[C@@H](C1=O)[C@H]1C=C[C@H]2CC1)Nc1cccc([N+](=O)[O-])c1. The van der Waals surface area contributed by atoms with Gasteiger partial charge in [0.25, 0.3) is 5.69 Å². The lowest BCUT2D eigenvalue weighted by molar-refractivity contribution is -0.384. The summed E-state index contributed by atoms with van der Waals surface area (Å²) >= 11 is 0. The van der Waals surface area contributed by atoms with Gasteiger partial charge in [0.05, 0.1) is 16.8 Å². The fourth-order valence-electron chi connectivity index (χ4n) is 4.32. The van der Waals surface area contributed by atoms with Crippen molar-refractivity contribution in [2.45, 2.75) is 12.8 Å². The molecule has 0 spiro atoms. The molecule has 3 aliphatic carbocycles. The van der Waals surface area contributed by atoms with E-state index in [1.165, 1.54) is 24.3 Å². The number of carbonyl (C=O) groups excluding carboxylic acids is 3. The summed E-state index contributed by atoms with van der Waals surface area (Å²) in [5.74, 6) is -0.912. The number of nitrogens with zero attached hydrogens (tertiary/aromatic N) is 2. The minimum Gasteiger partial charge on any atom is -0.320 e. The molecule has 2 bridgehead atoms. The molecule has 1 saturated heterocycles. The number of nitro groups is 1. The standard InChI is InChI=1S/C18H18N4O5/c23-16-14-10-4-5-11(7-6-10)15(14)17(24)21(16)9-19-18(25)20-12-2-1-3-13(8-12)22(26)27/h1-5,8,10-11,14-15H,6-7,9H2,(H2,19,20,25)/t10-,11-,14-,15-/m0/s1. The van der Waals surface area contributed by atoms with Gasteiger partial charge in [-0.3, -0.25) is 24.6 Å². The maximum Gasteiger partial charge on any atom is 0.320 e. The highest BCUT2D eigenvalue weighted by atomic mass is 16.6. The third-order valence-corrected chi connectivity index (χ3v) is 5.56. The lowest BCUT2D eigenvalue weighted by atomic mass is 9.63. The molecule has 2 fully saturated rings. The van der Waals surface area contributed by atoms with Gasteiger partial charge in [0, 0.05) is 17.8 Å². The summed E-state index contributed by atoms with van der Waals surface area (Å²) in [6.07, 6.45) is 5.89. The smallest absolute Gasteiger partial charge is 0.320 e. The van der Waals surface area contributed by atoms with Crippen molar-refractivity contribution < 1.29 is 19.3 Å². The van der Waals surface area contributed by atoms with Crippen LogP contribution in [-0.4, -0.2) is 34.3 Å². The Balaban J connectivity index is 1.38. The summed E-state index contributed by atoms with van der Waals surface area (Å²) in [6, 6.07) is 4.86. The van der Waals surface area contributed by atoms with Crippen molar-refractivity contribution in [3.05, 3.63) is 46.5 Å². The molecular weight excluding hydrogens is 352 g/mol. The number of nitro benzene ring substituents is 1. The molecule has 0 aromatic heterocycles. The largest absolute Gasteiger partial charge is 0.320 e. The van der Waals surface area contributed by atoms with E-state index >= 15 is 0 Å². The highest BCUT2D eigenvalue weighted by Gasteiger charge is 2.56. The molecule has 0 unspecified atom stereocenters. The van der Waals surface area contributed by atoms with Crippen LogP contribution in [0.15, 0.2) is 36.4 Å². The molecular formula is C18H18N4O5. The van der Waals surface area contributed by atoms with Crippen LogP contribution in [0.3, 0.4) is 0 Å². The first-order valence-electron chi connectivity index (χ1n) is 8.78. The summed E-state index contributed by atoms with van der Waals surface area (Å²) < 4.78 is 0. The van der Waals surface area contributed by atoms with Gasteiger partial charge in [0.15, 0.2) is 0 Å². The number of non-ortho nitro benzene ring substituents is 1. The van der Waals surface area contributed by atoms with Crippen molar-refractivity contribution in [1.29, 1.82) is 0 Å². The minimum atomic E-state index is -0.646. The second-order valence-electron chi connectivity index (χ2n) is 7.04. The Bertz CT molecular complexity index is 835. The van der Waals surface area contributed by atoms with Gasteiger partial charge in [-0.05, 0) is 30.7 Å². The highest BCUT2D eigenvalue weighted by Crippen LogP contribution is 2.49. The maximum atomic E-state index is 12.7. The van der Waals surface area contributed by atoms with E-state index in [0.29, 0.717) is 0 Å². The number of hydrogen-bond acceptors (Lipinski definition) is 5. The van der Waals surface area contributed by atoms with E-state index < -0.39 is 11.0 Å². The zero-order chi connectivity index (χ0) is 19.1. The normalized spacial score (nSPS) is 28.2. The molecule has 4 amide bonds. The number of rotatable bonds is 4. The summed E-state index contributed by atoms with van der Waals surface area (Å²) in [6.45, 7) is -0.217. The summed E-state index contributed by atoms with van der Waals surface area (Å²) in [4.78, 5) is 48.7. The Kier molecular flexibility index (Phi) is 4.14. The minimum absolute atomic E-state index is 0.0974. The number of urea groups is 1. The van der Waals surface area contributed by atoms with Gasteiger partial charge in [-0.2, -0.15) is 0 Å². The van der Waals surface area contributed by atoms with E-state index in [-0.39, 0.29) is 53.5 Å². The number of benzene rings is 1. The van der Waals surface area contributed by atoms with Crippen LogP contribution in [0.4, 0.5) is 16.2 Å². The predicted octanol–water partition coefficient (Wildman–Crippen LogP) is 1.87. The van der Waals surface area contributed by atoms with Crippen molar-refractivity contribution in [1.82, 2.24) is 10.2 Å². The Morgan fingerprint density at radius 3 is 2.33 bits per heavy atom. The molecule has 1 aromatic rings. The van der Waals surface area contributed by atoms with Crippen molar-refractivity contribution in [2.24, 2.45) is 23.7 Å². The van der Waals surface area contributed by atoms with E-state index in [2.05, 4.69) is 10.6 Å². The number of fused-ring (bicyclic) bond motifs is 1. The van der Waals surface area contributed by atoms with Crippen LogP contribution in [0, 0.1) is 33.8 Å². The van der Waals surface area contributed by atoms with E-state index in [1.807, 2.05) is 12.2 Å². The van der Waals surface area contributed by atoms with Gasteiger partial charge in [0.2, 0.25) is 11.8 Å². The fraction of sp³-hybridized carbons (Fsp3) is 0.389. The maximum absolute atomic E-state index is 12.7. The van der Waals surface area contributed by atoms with E-state index in [1.54, 1.807) is 0 Å². The lowest BCUT2D eigenvalue weighted by Gasteiger charge is -2.38. The fourth-order valence-corrected chi connectivity index (χ4v) is 4.32. The third-order valence-electron chi connectivity index (χ3n) is 5.56. The first-order chi connectivity index (χ1) is 13.0. The lowest BCUT2D eigenvalue weighted by Crippen LogP contribution is -2.43. The first kappa shape index (κ1) is 17.2. The quantitative estimate of drug-likeness (QED) is 0.363. The Labute approximate surface area is 154 Å². The molecule has 27 heavy (non-hydrogen) atoms. The molecule has 4 aliphatic rings. The predicted molar refractivity (Wildman–Crippen MR) is 94.3 cm³/mol. The number of anilines is 1. The van der Waals surface area contributed by atoms with Crippen molar-refractivity contribution >= 4 is 29.2 Å². The monoisotopic (exact) mass is 370 g/mol. The Hall–Kier alpha value is -3.23. The van der Waals surface area contributed by atoms with Crippen molar-refractivity contribution in [3.8, 4) is 0 Å². The number of amides is 4. The van der Waals surface area contributed by atoms with Crippen LogP contribution in [0.25, 0.3) is 0 Å². The zero-order valence-corrected chi connectivity index (χ0v) is 14.3. The van der Waals surface area contributed by atoms with Gasteiger partial charge in [-0.15, -0.1) is 0 Å². The van der Waals surface area contributed by atoms with Gasteiger partial charge in [0.1, 0.15) is 6.67 Å². The molecule has 1 saturated carbocycles. The van der Waals surface area contributed by atoms with Crippen LogP contribution in [-0.2, 0) is 9.59 Å². The molecule has 2 N–H and O–H groups in total. The molecule has 4 atom stereocenters. The van der Waals surface area contributed by atoms with E-state index in [0.717, 1.165) is 17.7 Å². The Morgan fingerprint density at radius 2 is 1.78 bits per heavy atom.